The second-order valence-electron chi connectivity index (χ2n) is 8.58. The highest BCUT2D eigenvalue weighted by Crippen LogP contribution is 2.59. The number of esters is 1. The van der Waals surface area contributed by atoms with E-state index in [0.717, 1.165) is 24.2 Å². The van der Waals surface area contributed by atoms with Gasteiger partial charge in [-0.15, -0.1) is 0 Å². The normalized spacial score (nSPS) is 25.6. The fourth-order valence-corrected chi connectivity index (χ4v) is 4.44. The molecule has 154 valence electrons. The van der Waals surface area contributed by atoms with Crippen molar-refractivity contribution >= 4 is 12.1 Å². The highest BCUT2D eigenvalue weighted by atomic mass is 16.6. The average molecular weight is 389 g/mol. The van der Waals surface area contributed by atoms with Gasteiger partial charge in [-0.05, 0) is 58.4 Å². The molecule has 0 saturated heterocycles. The Morgan fingerprint density at radius 2 is 1.89 bits per heavy atom. The Balaban J connectivity index is 1.83. The van der Waals surface area contributed by atoms with E-state index < -0.39 is 5.60 Å². The Morgan fingerprint density at radius 3 is 2.54 bits per heavy atom. The van der Waals surface area contributed by atoms with Gasteiger partial charge in [0.1, 0.15) is 11.4 Å². The first-order chi connectivity index (χ1) is 13.3. The summed E-state index contributed by atoms with van der Waals surface area (Å²) in [6, 6.07) is 7.65. The topological polar surface area (TPSA) is 65.1 Å². The van der Waals surface area contributed by atoms with Gasteiger partial charge in [0, 0.05) is 11.6 Å². The van der Waals surface area contributed by atoms with Crippen LogP contribution in [0.4, 0.5) is 4.79 Å². The molecule has 4 atom stereocenters. The Bertz CT molecular complexity index is 726. The predicted molar refractivity (Wildman–Crippen MR) is 105 cm³/mol. The van der Waals surface area contributed by atoms with Gasteiger partial charge in [0.15, 0.2) is 0 Å². The lowest BCUT2D eigenvalue weighted by molar-refractivity contribution is -0.145. The third kappa shape index (κ3) is 4.26. The van der Waals surface area contributed by atoms with Crippen molar-refractivity contribution < 1.29 is 23.8 Å². The Morgan fingerprint density at radius 1 is 1.18 bits per heavy atom. The smallest absolute Gasteiger partial charge is 0.410 e. The van der Waals surface area contributed by atoms with Crippen LogP contribution in [0.2, 0.25) is 0 Å². The van der Waals surface area contributed by atoms with Gasteiger partial charge in [0.25, 0.3) is 0 Å². The molecule has 0 aliphatic heterocycles. The van der Waals surface area contributed by atoms with Crippen molar-refractivity contribution in [1.82, 2.24) is 4.90 Å². The number of ether oxygens (including phenoxy) is 3. The highest BCUT2D eigenvalue weighted by molar-refractivity contribution is 5.77. The van der Waals surface area contributed by atoms with Crippen molar-refractivity contribution in [1.29, 1.82) is 0 Å². The Labute approximate surface area is 167 Å². The number of amides is 1. The van der Waals surface area contributed by atoms with Crippen LogP contribution in [0, 0.1) is 17.8 Å². The number of carbonyl (C=O) groups excluding carboxylic acids is 2. The quantitative estimate of drug-likeness (QED) is 0.688. The molecule has 6 heteroatoms. The molecule has 0 spiro atoms. The monoisotopic (exact) mass is 389 g/mol. The van der Waals surface area contributed by atoms with E-state index in [0.29, 0.717) is 19.1 Å². The average Bonchev–Trinajstić information content (AvgIpc) is 3.20. The number of rotatable bonds is 6. The summed E-state index contributed by atoms with van der Waals surface area (Å²) in [4.78, 5) is 27.1. The third-order valence-corrected chi connectivity index (χ3v) is 5.59. The number of fused-ring (bicyclic) bond motifs is 1. The number of hydrogen-bond donors (Lipinski definition) is 0. The molecule has 2 aliphatic rings. The zero-order chi connectivity index (χ0) is 20.5. The fraction of sp³-hybridized carbons (Fsp3) is 0.636. The maximum Gasteiger partial charge on any atom is 0.410 e. The second kappa shape index (κ2) is 8.02. The number of methoxy groups -OCH3 is 1. The van der Waals surface area contributed by atoms with E-state index in [2.05, 4.69) is 0 Å². The molecule has 1 aromatic carbocycles. The van der Waals surface area contributed by atoms with Crippen LogP contribution < -0.4 is 4.74 Å². The molecular formula is C22H31NO5. The zero-order valence-corrected chi connectivity index (χ0v) is 17.4. The molecule has 0 radical (unpaired) electrons. The standard InChI is InChI=1S/C22H31NO5/c1-6-27-20(24)19-15-11-12-16(18(15)19)23(21(25)28-22(2,3)4)13-14-9-7-8-10-17(14)26-5/h7-10,15-16,18-19H,6,11-13H2,1-5H3/t15-,16-,18-,19+/m1/s1. The summed E-state index contributed by atoms with van der Waals surface area (Å²) in [6.45, 7) is 8.19. The number of benzene rings is 1. The minimum absolute atomic E-state index is 0.0285. The molecule has 2 saturated carbocycles. The molecule has 1 amide bonds. The van der Waals surface area contributed by atoms with Crippen LogP contribution in [0.3, 0.4) is 0 Å². The summed E-state index contributed by atoms with van der Waals surface area (Å²) in [6.07, 6.45) is 1.46. The molecule has 0 unspecified atom stereocenters. The van der Waals surface area contributed by atoms with E-state index >= 15 is 0 Å². The van der Waals surface area contributed by atoms with Crippen LogP contribution in [0.1, 0.15) is 46.1 Å². The number of hydrogen-bond acceptors (Lipinski definition) is 5. The maximum absolute atomic E-state index is 13.1. The number of nitrogens with zero attached hydrogens (tertiary/aromatic N) is 1. The van der Waals surface area contributed by atoms with Gasteiger partial charge in [-0.1, -0.05) is 18.2 Å². The van der Waals surface area contributed by atoms with Crippen LogP contribution in [0.5, 0.6) is 5.75 Å². The third-order valence-electron chi connectivity index (χ3n) is 5.59. The first-order valence-electron chi connectivity index (χ1n) is 10.0. The second-order valence-corrected chi connectivity index (χ2v) is 8.58. The first-order valence-corrected chi connectivity index (χ1v) is 10.0. The van der Waals surface area contributed by atoms with Gasteiger partial charge in [-0.25, -0.2) is 4.79 Å². The molecular weight excluding hydrogens is 358 g/mol. The van der Waals surface area contributed by atoms with E-state index in [-0.39, 0.29) is 29.9 Å². The summed E-state index contributed by atoms with van der Waals surface area (Å²) in [5.41, 5.74) is 0.339. The van der Waals surface area contributed by atoms with Gasteiger partial charge >= 0.3 is 12.1 Å². The minimum Gasteiger partial charge on any atom is -0.496 e. The van der Waals surface area contributed by atoms with Gasteiger partial charge in [-0.3, -0.25) is 4.79 Å². The molecule has 3 rings (SSSR count). The lowest BCUT2D eigenvalue weighted by Gasteiger charge is -2.33. The van der Waals surface area contributed by atoms with E-state index in [1.54, 1.807) is 12.0 Å². The van der Waals surface area contributed by atoms with Crippen molar-refractivity contribution in [3.8, 4) is 5.75 Å². The van der Waals surface area contributed by atoms with E-state index in [1.807, 2.05) is 52.0 Å². The van der Waals surface area contributed by atoms with Crippen LogP contribution in [0.25, 0.3) is 0 Å². The fourth-order valence-electron chi connectivity index (χ4n) is 4.44. The molecule has 0 N–H and O–H groups in total. The van der Waals surface area contributed by atoms with E-state index in [4.69, 9.17) is 14.2 Å². The largest absolute Gasteiger partial charge is 0.496 e. The van der Waals surface area contributed by atoms with Gasteiger partial charge in [0.2, 0.25) is 0 Å². The Kier molecular flexibility index (Phi) is 5.87. The summed E-state index contributed by atoms with van der Waals surface area (Å²) in [5.74, 6) is 0.973. The minimum atomic E-state index is -0.585. The lowest BCUT2D eigenvalue weighted by atomic mass is 10.0. The lowest BCUT2D eigenvalue weighted by Crippen LogP contribution is -2.44. The van der Waals surface area contributed by atoms with Crippen molar-refractivity contribution in [2.24, 2.45) is 17.8 Å². The van der Waals surface area contributed by atoms with Gasteiger partial charge < -0.3 is 19.1 Å². The van der Waals surface area contributed by atoms with E-state index in [9.17, 15) is 9.59 Å². The Hall–Kier alpha value is -2.24. The maximum atomic E-state index is 13.1. The molecule has 28 heavy (non-hydrogen) atoms. The molecule has 6 nitrogen and oxygen atoms in total. The first kappa shape index (κ1) is 20.5. The summed E-state index contributed by atoms with van der Waals surface area (Å²) in [5, 5.41) is 0. The summed E-state index contributed by atoms with van der Waals surface area (Å²) in [7, 11) is 1.62. The van der Waals surface area contributed by atoms with Crippen molar-refractivity contribution in [2.45, 2.75) is 58.7 Å². The molecule has 1 aromatic rings. The van der Waals surface area contributed by atoms with Crippen molar-refractivity contribution in [2.75, 3.05) is 13.7 Å². The zero-order valence-electron chi connectivity index (χ0n) is 17.4. The SMILES string of the molecule is CCOC(=O)[C@H]1[C@@H]2CC[C@@H](N(Cc3ccccc3OC)C(=O)OC(C)(C)C)[C@@H]21. The molecule has 0 heterocycles. The van der Waals surface area contributed by atoms with Crippen LogP contribution in [-0.2, 0) is 20.8 Å². The summed E-state index contributed by atoms with van der Waals surface area (Å²) < 4.78 is 16.4. The molecule has 0 aromatic heterocycles. The number of carbonyl (C=O) groups is 2. The van der Waals surface area contributed by atoms with Gasteiger partial charge in [0.05, 0.1) is 26.2 Å². The van der Waals surface area contributed by atoms with Crippen LogP contribution in [-0.4, -0.2) is 42.3 Å². The predicted octanol–water partition coefficient (Wildman–Crippen LogP) is 4.02. The van der Waals surface area contributed by atoms with Crippen LogP contribution >= 0.6 is 0 Å². The van der Waals surface area contributed by atoms with Crippen LogP contribution in [0.15, 0.2) is 24.3 Å². The highest BCUT2D eigenvalue weighted by Gasteiger charge is 2.64. The molecule has 0 bridgehead atoms. The number of para-hydroxylation sites is 1. The van der Waals surface area contributed by atoms with Gasteiger partial charge in [-0.2, -0.15) is 0 Å². The van der Waals surface area contributed by atoms with E-state index in [1.165, 1.54) is 0 Å². The van der Waals surface area contributed by atoms with Crippen molar-refractivity contribution in [3.05, 3.63) is 29.8 Å². The summed E-state index contributed by atoms with van der Waals surface area (Å²) >= 11 is 0. The molecule has 2 fully saturated rings. The van der Waals surface area contributed by atoms with Crippen molar-refractivity contribution in [3.63, 3.8) is 0 Å². The molecule has 2 aliphatic carbocycles.